The molecule has 1 aliphatic heterocycles. The first-order valence-electron chi connectivity index (χ1n) is 9.56. The lowest BCUT2D eigenvalue weighted by molar-refractivity contribution is -0.384. The van der Waals surface area contributed by atoms with Crippen LogP contribution in [0.4, 0.5) is 5.69 Å². The van der Waals surface area contributed by atoms with Gasteiger partial charge in [-0.05, 0) is 31.0 Å². The van der Waals surface area contributed by atoms with E-state index in [-0.39, 0.29) is 18.1 Å². The summed E-state index contributed by atoms with van der Waals surface area (Å²) in [5.41, 5.74) is 1.45. The minimum atomic E-state index is -0.399. The molecule has 1 heterocycles. The lowest BCUT2D eigenvalue weighted by atomic mass is 10.2. The van der Waals surface area contributed by atoms with Crippen LogP contribution in [0.1, 0.15) is 18.4 Å². The number of benzene rings is 2. The lowest BCUT2D eigenvalue weighted by Crippen LogP contribution is -3.00. The molecular weight excluding hydrogens is 378 g/mol. The van der Waals surface area contributed by atoms with Crippen LogP contribution < -0.4 is 17.1 Å². The van der Waals surface area contributed by atoms with E-state index in [1.165, 1.54) is 17.7 Å². The van der Waals surface area contributed by atoms with Gasteiger partial charge in [-0.15, -0.1) is 0 Å². The lowest BCUT2D eigenvalue weighted by Gasteiger charge is -2.34. The normalized spacial score (nSPS) is 15.0. The minimum Gasteiger partial charge on any atom is -1.00 e. The Morgan fingerprint density at radius 1 is 0.929 bits per heavy atom. The number of piperazine rings is 1. The van der Waals surface area contributed by atoms with Crippen molar-refractivity contribution in [3.8, 4) is 5.75 Å². The average Bonchev–Trinajstić information content (AvgIpc) is 2.70. The van der Waals surface area contributed by atoms with Crippen LogP contribution in [-0.2, 0) is 6.54 Å². The van der Waals surface area contributed by atoms with Crippen molar-refractivity contribution in [1.82, 2.24) is 9.80 Å². The Kier molecular flexibility index (Phi) is 9.20. The van der Waals surface area contributed by atoms with Gasteiger partial charge in [0.05, 0.1) is 17.6 Å². The molecule has 0 radical (unpaired) electrons. The highest BCUT2D eigenvalue weighted by Crippen LogP contribution is 2.19. The summed E-state index contributed by atoms with van der Waals surface area (Å²) in [6.45, 7) is 7.15. The molecule has 0 spiro atoms. The SMILES string of the molecule is O=[N+]([O-])c1cccc(OCCCCN2CCN(Cc3ccccc3)CC2)c1.[Cl-]. The van der Waals surface area contributed by atoms with Crippen LogP contribution in [-0.4, -0.2) is 54.1 Å². The topological polar surface area (TPSA) is 58.9 Å². The van der Waals surface area contributed by atoms with Crippen LogP contribution in [0.5, 0.6) is 5.75 Å². The van der Waals surface area contributed by atoms with Gasteiger partial charge in [-0.3, -0.25) is 15.0 Å². The van der Waals surface area contributed by atoms with Crippen LogP contribution in [0.2, 0.25) is 0 Å². The summed E-state index contributed by atoms with van der Waals surface area (Å²) in [7, 11) is 0. The third kappa shape index (κ3) is 7.11. The standard InChI is InChI=1S/C21H27N3O3.ClH/c25-24(26)20-9-6-10-21(17-20)27-16-5-4-11-22-12-14-23(15-13-22)18-19-7-2-1-3-8-19;/h1-3,6-10,17H,4-5,11-16,18H2;1H/p-1. The molecule has 0 amide bonds. The van der Waals surface area contributed by atoms with Gasteiger partial charge in [0.15, 0.2) is 0 Å². The molecule has 0 atom stereocenters. The van der Waals surface area contributed by atoms with Crippen molar-refractivity contribution < 1.29 is 22.1 Å². The van der Waals surface area contributed by atoms with E-state index in [1.807, 2.05) is 0 Å². The first-order chi connectivity index (χ1) is 13.2. The molecule has 0 bridgehead atoms. The van der Waals surface area contributed by atoms with Crippen LogP contribution in [0.25, 0.3) is 0 Å². The summed E-state index contributed by atoms with van der Waals surface area (Å²) < 4.78 is 5.64. The first-order valence-corrected chi connectivity index (χ1v) is 9.56. The summed E-state index contributed by atoms with van der Waals surface area (Å²) in [6, 6.07) is 17.0. The number of nitro benzene ring substituents is 1. The number of rotatable bonds is 9. The number of unbranched alkanes of at least 4 members (excludes halogenated alkanes) is 1. The number of hydrogen-bond donors (Lipinski definition) is 0. The Morgan fingerprint density at radius 2 is 1.64 bits per heavy atom. The molecule has 1 aliphatic rings. The zero-order valence-corrected chi connectivity index (χ0v) is 16.8. The Bertz CT molecular complexity index is 722. The van der Waals surface area contributed by atoms with E-state index in [4.69, 9.17) is 4.74 Å². The predicted molar refractivity (Wildman–Crippen MR) is 106 cm³/mol. The van der Waals surface area contributed by atoms with Crippen LogP contribution in [0.15, 0.2) is 54.6 Å². The Morgan fingerprint density at radius 3 is 2.36 bits per heavy atom. The monoisotopic (exact) mass is 404 g/mol. The zero-order valence-electron chi connectivity index (χ0n) is 16.0. The number of nitro groups is 1. The van der Waals surface area contributed by atoms with Gasteiger partial charge in [0.2, 0.25) is 0 Å². The second kappa shape index (κ2) is 11.6. The van der Waals surface area contributed by atoms with Crippen LogP contribution in [0.3, 0.4) is 0 Å². The number of halogens is 1. The zero-order chi connectivity index (χ0) is 18.9. The average molecular weight is 405 g/mol. The molecule has 3 rings (SSSR count). The molecule has 2 aromatic rings. The van der Waals surface area contributed by atoms with Crippen molar-refractivity contribution in [3.05, 3.63) is 70.3 Å². The molecule has 0 saturated carbocycles. The van der Waals surface area contributed by atoms with Crippen molar-refractivity contribution in [3.63, 3.8) is 0 Å². The molecule has 0 N–H and O–H groups in total. The number of hydrogen-bond acceptors (Lipinski definition) is 5. The van der Waals surface area contributed by atoms with Crippen LogP contribution in [0, 0.1) is 10.1 Å². The van der Waals surface area contributed by atoms with Gasteiger partial charge in [-0.25, -0.2) is 0 Å². The minimum absolute atomic E-state index is 0. The fraction of sp³-hybridized carbons (Fsp3) is 0.429. The molecule has 1 fully saturated rings. The van der Waals surface area contributed by atoms with E-state index in [2.05, 4.69) is 40.1 Å². The summed E-state index contributed by atoms with van der Waals surface area (Å²) in [5.74, 6) is 0.568. The van der Waals surface area contributed by atoms with E-state index >= 15 is 0 Å². The maximum absolute atomic E-state index is 10.8. The second-order valence-corrected chi connectivity index (χ2v) is 6.91. The molecule has 0 aromatic heterocycles. The fourth-order valence-corrected chi connectivity index (χ4v) is 3.33. The summed E-state index contributed by atoms with van der Waals surface area (Å²) in [5, 5.41) is 10.8. The van der Waals surface area contributed by atoms with Crippen molar-refractivity contribution in [2.75, 3.05) is 39.3 Å². The van der Waals surface area contributed by atoms with Gasteiger partial charge in [0, 0.05) is 38.8 Å². The summed E-state index contributed by atoms with van der Waals surface area (Å²) in [6.07, 6.45) is 2.03. The summed E-state index contributed by atoms with van der Waals surface area (Å²) in [4.78, 5) is 15.4. The molecule has 152 valence electrons. The largest absolute Gasteiger partial charge is 1.00 e. The maximum Gasteiger partial charge on any atom is 0.273 e. The van der Waals surface area contributed by atoms with Gasteiger partial charge in [0.25, 0.3) is 5.69 Å². The molecule has 7 heteroatoms. The van der Waals surface area contributed by atoms with Crippen molar-refractivity contribution in [1.29, 1.82) is 0 Å². The van der Waals surface area contributed by atoms with E-state index in [9.17, 15) is 10.1 Å². The molecule has 1 saturated heterocycles. The van der Waals surface area contributed by atoms with E-state index < -0.39 is 4.92 Å². The Hall–Kier alpha value is -2.15. The Balaban J connectivity index is 0.00000280. The second-order valence-electron chi connectivity index (χ2n) is 6.91. The number of nitrogens with zero attached hydrogens (tertiary/aromatic N) is 3. The third-order valence-electron chi connectivity index (χ3n) is 4.88. The number of non-ortho nitro benzene ring substituents is 1. The molecule has 0 unspecified atom stereocenters. The van der Waals surface area contributed by atoms with Gasteiger partial charge in [-0.2, -0.15) is 0 Å². The molecule has 2 aromatic carbocycles. The third-order valence-corrected chi connectivity index (χ3v) is 4.88. The van der Waals surface area contributed by atoms with Gasteiger partial charge >= 0.3 is 0 Å². The molecule has 28 heavy (non-hydrogen) atoms. The predicted octanol–water partition coefficient (Wildman–Crippen LogP) is 0.576. The van der Waals surface area contributed by atoms with Crippen LogP contribution >= 0.6 is 0 Å². The molecule has 0 aliphatic carbocycles. The fourth-order valence-electron chi connectivity index (χ4n) is 3.33. The highest BCUT2D eigenvalue weighted by Gasteiger charge is 2.16. The van der Waals surface area contributed by atoms with Gasteiger partial charge in [-0.1, -0.05) is 36.4 Å². The highest BCUT2D eigenvalue weighted by atomic mass is 35.5. The van der Waals surface area contributed by atoms with Crippen molar-refractivity contribution in [2.45, 2.75) is 19.4 Å². The van der Waals surface area contributed by atoms with Gasteiger partial charge < -0.3 is 22.0 Å². The maximum atomic E-state index is 10.8. The smallest absolute Gasteiger partial charge is 0.273 e. The van der Waals surface area contributed by atoms with Gasteiger partial charge in [0.1, 0.15) is 5.75 Å². The van der Waals surface area contributed by atoms with E-state index in [1.54, 1.807) is 12.1 Å². The number of ether oxygens (including phenoxy) is 1. The quantitative estimate of drug-likeness (QED) is 0.347. The van der Waals surface area contributed by atoms with Crippen molar-refractivity contribution >= 4 is 5.69 Å². The van der Waals surface area contributed by atoms with Crippen molar-refractivity contribution in [2.24, 2.45) is 0 Å². The first kappa shape index (κ1) is 22.1. The van der Waals surface area contributed by atoms with E-state index in [0.717, 1.165) is 52.1 Å². The molecule has 6 nitrogen and oxygen atoms in total. The highest BCUT2D eigenvalue weighted by molar-refractivity contribution is 5.37. The Labute approximate surface area is 172 Å². The summed E-state index contributed by atoms with van der Waals surface area (Å²) >= 11 is 0. The van der Waals surface area contributed by atoms with E-state index in [0.29, 0.717) is 12.4 Å². The molecular formula is C21H27ClN3O3-.